The van der Waals surface area contributed by atoms with Gasteiger partial charge in [-0.25, -0.2) is 4.79 Å². The number of carbonyl (C=O) groups excluding carboxylic acids is 1. The third kappa shape index (κ3) is 6.69. The van der Waals surface area contributed by atoms with Gasteiger partial charge in [0.2, 0.25) is 0 Å². The summed E-state index contributed by atoms with van der Waals surface area (Å²) in [6.07, 6.45) is 26.1. The average molecular weight is 502 g/mol. The summed E-state index contributed by atoms with van der Waals surface area (Å²) >= 11 is 0. The molecule has 0 radical (unpaired) electrons. The standard InChI is InChI=1S/C32H55NO3/c1-31-19-13-14-28(31)27-16-15-25-24-26(17-21-32(25,2)29(27)18-20-31)36-30(35)33-22-11-9-7-5-3-4-6-8-10-12-23-34/h15,26-29,34H,3-14,16-24H2,1-2H3,(H,33,35)/t26-,27?,28?,29?,31-,32-/m1/s1. The molecule has 3 saturated carbocycles. The fraction of sp³-hybridized carbons (Fsp3) is 0.906. The fourth-order valence-electron chi connectivity index (χ4n) is 8.76. The van der Waals surface area contributed by atoms with Crippen LogP contribution in [0.3, 0.4) is 0 Å². The Morgan fingerprint density at radius 2 is 1.61 bits per heavy atom. The Balaban J connectivity index is 1.10. The van der Waals surface area contributed by atoms with Crippen LogP contribution in [0.25, 0.3) is 0 Å². The summed E-state index contributed by atoms with van der Waals surface area (Å²) in [6, 6.07) is 0. The highest BCUT2D eigenvalue weighted by molar-refractivity contribution is 5.67. The highest BCUT2D eigenvalue weighted by Crippen LogP contribution is 2.64. The molecule has 0 heterocycles. The predicted molar refractivity (Wildman–Crippen MR) is 148 cm³/mol. The monoisotopic (exact) mass is 501 g/mol. The van der Waals surface area contributed by atoms with Crippen LogP contribution >= 0.6 is 0 Å². The number of carbonyl (C=O) groups is 1. The van der Waals surface area contributed by atoms with E-state index in [2.05, 4.69) is 25.2 Å². The van der Waals surface area contributed by atoms with Crippen LogP contribution in [0.4, 0.5) is 4.79 Å². The Kier molecular flexibility index (Phi) is 10.2. The van der Waals surface area contributed by atoms with Crippen LogP contribution in [-0.2, 0) is 4.74 Å². The van der Waals surface area contributed by atoms with Crippen LogP contribution in [0.5, 0.6) is 0 Å². The average Bonchev–Trinajstić information content (AvgIpc) is 3.27. The van der Waals surface area contributed by atoms with Crippen molar-refractivity contribution in [3.63, 3.8) is 0 Å². The molecule has 0 aromatic rings. The van der Waals surface area contributed by atoms with E-state index in [1.165, 1.54) is 89.9 Å². The van der Waals surface area contributed by atoms with Crippen LogP contribution in [-0.4, -0.2) is 30.5 Å². The van der Waals surface area contributed by atoms with Crippen molar-refractivity contribution in [2.24, 2.45) is 28.6 Å². The molecule has 0 aromatic heterocycles. The smallest absolute Gasteiger partial charge is 0.407 e. The van der Waals surface area contributed by atoms with E-state index in [4.69, 9.17) is 9.84 Å². The molecule has 206 valence electrons. The minimum atomic E-state index is -0.208. The number of aliphatic hydroxyl groups excluding tert-OH is 1. The van der Waals surface area contributed by atoms with Crippen molar-refractivity contribution in [1.82, 2.24) is 5.32 Å². The molecule has 4 nitrogen and oxygen atoms in total. The topological polar surface area (TPSA) is 58.6 Å². The van der Waals surface area contributed by atoms with Crippen molar-refractivity contribution in [1.29, 1.82) is 0 Å². The predicted octanol–water partition coefficient (Wildman–Crippen LogP) is 8.33. The lowest BCUT2D eigenvalue weighted by Gasteiger charge is -2.57. The summed E-state index contributed by atoms with van der Waals surface area (Å²) in [4.78, 5) is 12.5. The maximum Gasteiger partial charge on any atom is 0.407 e. The zero-order valence-electron chi connectivity index (χ0n) is 23.5. The summed E-state index contributed by atoms with van der Waals surface area (Å²) in [5.74, 6) is 2.67. The highest BCUT2D eigenvalue weighted by Gasteiger charge is 2.55. The van der Waals surface area contributed by atoms with Crippen LogP contribution < -0.4 is 5.32 Å². The van der Waals surface area contributed by atoms with Crippen molar-refractivity contribution in [3.8, 4) is 0 Å². The maximum atomic E-state index is 12.5. The lowest BCUT2D eigenvalue weighted by Crippen LogP contribution is -2.49. The number of amides is 1. The fourth-order valence-corrected chi connectivity index (χ4v) is 8.76. The second-order valence-corrected chi connectivity index (χ2v) is 13.3. The number of hydrogen-bond acceptors (Lipinski definition) is 3. The van der Waals surface area contributed by atoms with E-state index < -0.39 is 0 Å². The van der Waals surface area contributed by atoms with Crippen LogP contribution in [0.2, 0.25) is 0 Å². The summed E-state index contributed by atoms with van der Waals surface area (Å²) in [5.41, 5.74) is 2.55. The number of nitrogens with one attached hydrogen (secondary N) is 1. The van der Waals surface area contributed by atoms with Gasteiger partial charge in [0.05, 0.1) is 0 Å². The minimum Gasteiger partial charge on any atom is -0.446 e. The molecule has 4 heteroatoms. The Bertz CT molecular complexity index is 735. The molecule has 0 aliphatic heterocycles. The molecular weight excluding hydrogens is 446 g/mol. The lowest BCUT2D eigenvalue weighted by atomic mass is 9.48. The number of hydrogen-bond donors (Lipinski definition) is 2. The molecule has 3 fully saturated rings. The van der Waals surface area contributed by atoms with E-state index in [1.54, 1.807) is 5.57 Å². The molecule has 1 amide bonds. The van der Waals surface area contributed by atoms with Gasteiger partial charge in [-0.15, -0.1) is 0 Å². The first-order valence-corrected chi connectivity index (χ1v) is 15.7. The second kappa shape index (κ2) is 13.2. The minimum absolute atomic E-state index is 0.0543. The number of aliphatic hydroxyl groups is 1. The third-order valence-electron chi connectivity index (χ3n) is 11.0. The van der Waals surface area contributed by atoms with Gasteiger partial charge in [-0.3, -0.25) is 0 Å². The molecule has 0 bridgehead atoms. The highest BCUT2D eigenvalue weighted by atomic mass is 16.6. The summed E-state index contributed by atoms with van der Waals surface area (Å²) in [7, 11) is 0. The molecular formula is C32H55NO3. The first-order chi connectivity index (χ1) is 17.5. The van der Waals surface area contributed by atoms with Gasteiger partial charge in [-0.2, -0.15) is 0 Å². The van der Waals surface area contributed by atoms with Crippen molar-refractivity contribution in [2.45, 2.75) is 142 Å². The lowest BCUT2D eigenvalue weighted by molar-refractivity contribution is -0.0377. The Morgan fingerprint density at radius 1 is 0.917 bits per heavy atom. The summed E-state index contributed by atoms with van der Waals surface area (Å²) in [5, 5.41) is 11.8. The molecule has 0 spiro atoms. The molecule has 36 heavy (non-hydrogen) atoms. The number of allylic oxidation sites excluding steroid dienone is 1. The van der Waals surface area contributed by atoms with E-state index in [-0.39, 0.29) is 12.2 Å². The van der Waals surface area contributed by atoms with E-state index in [1.807, 2.05) is 0 Å². The Morgan fingerprint density at radius 3 is 2.33 bits per heavy atom. The van der Waals surface area contributed by atoms with Crippen molar-refractivity contribution in [3.05, 3.63) is 11.6 Å². The SMILES string of the molecule is C[C@]12CCCC1C1CC=C3C[C@H](OC(=O)NCCCCCCCCCCCCO)CC[C@@]3(C)C1CC2. The molecule has 4 rings (SSSR count). The second-order valence-electron chi connectivity index (χ2n) is 13.3. The van der Waals surface area contributed by atoms with Gasteiger partial charge in [0.1, 0.15) is 6.10 Å². The molecule has 6 atom stereocenters. The van der Waals surface area contributed by atoms with E-state index in [9.17, 15) is 4.79 Å². The Labute approximate surface area is 221 Å². The van der Waals surface area contributed by atoms with E-state index >= 15 is 0 Å². The molecule has 0 aromatic carbocycles. The molecule has 4 aliphatic rings. The van der Waals surface area contributed by atoms with Gasteiger partial charge in [0, 0.05) is 19.6 Å². The van der Waals surface area contributed by atoms with Crippen LogP contribution in [0.15, 0.2) is 11.6 Å². The quantitative estimate of drug-likeness (QED) is 0.197. The van der Waals surface area contributed by atoms with E-state index in [0.717, 1.165) is 56.4 Å². The summed E-state index contributed by atoms with van der Waals surface area (Å²) in [6.45, 7) is 6.19. The number of fused-ring (bicyclic) bond motifs is 5. The van der Waals surface area contributed by atoms with E-state index in [0.29, 0.717) is 17.4 Å². The first kappa shape index (κ1) is 28.0. The molecule has 0 saturated heterocycles. The molecule has 4 aliphatic carbocycles. The number of rotatable bonds is 13. The normalized spacial score (nSPS) is 35.4. The van der Waals surface area contributed by atoms with Gasteiger partial charge >= 0.3 is 6.09 Å². The van der Waals surface area contributed by atoms with Crippen molar-refractivity contribution < 1.29 is 14.6 Å². The summed E-state index contributed by atoms with van der Waals surface area (Å²) < 4.78 is 5.90. The van der Waals surface area contributed by atoms with Gasteiger partial charge in [0.15, 0.2) is 0 Å². The number of alkyl carbamates (subject to hydrolysis) is 1. The third-order valence-corrected chi connectivity index (χ3v) is 11.0. The largest absolute Gasteiger partial charge is 0.446 e. The zero-order chi connectivity index (χ0) is 25.4. The number of ether oxygens (including phenoxy) is 1. The van der Waals surface area contributed by atoms with Crippen molar-refractivity contribution in [2.75, 3.05) is 13.2 Å². The van der Waals surface area contributed by atoms with Crippen LogP contribution in [0, 0.1) is 28.6 Å². The van der Waals surface area contributed by atoms with Gasteiger partial charge in [-0.05, 0) is 86.4 Å². The van der Waals surface area contributed by atoms with Gasteiger partial charge in [0.25, 0.3) is 0 Å². The van der Waals surface area contributed by atoms with Gasteiger partial charge < -0.3 is 15.2 Å². The van der Waals surface area contributed by atoms with Crippen LogP contribution in [0.1, 0.15) is 136 Å². The molecule has 2 N–H and O–H groups in total. The van der Waals surface area contributed by atoms with Gasteiger partial charge in [-0.1, -0.05) is 83.3 Å². The van der Waals surface area contributed by atoms with Crippen molar-refractivity contribution >= 4 is 6.09 Å². The maximum absolute atomic E-state index is 12.5. The first-order valence-electron chi connectivity index (χ1n) is 15.7. The zero-order valence-corrected chi connectivity index (χ0v) is 23.5. The number of unbranched alkanes of at least 4 members (excludes halogenated alkanes) is 9. The molecule has 3 unspecified atom stereocenters. The Hall–Kier alpha value is -1.03.